The fraction of sp³-hybridized carbons (Fsp3) is 0.250. The quantitative estimate of drug-likeness (QED) is 0.805. The van der Waals surface area contributed by atoms with Crippen molar-refractivity contribution in [3.05, 3.63) is 41.3 Å². The largest absolute Gasteiger partial charge is 0.396 e. The Hall–Kier alpha value is -2.44. The number of para-hydroxylation sites is 1. The highest BCUT2D eigenvalue weighted by Gasteiger charge is 2.12. The molecule has 2 rings (SSSR count). The van der Waals surface area contributed by atoms with Crippen LogP contribution in [0.15, 0.2) is 22.7 Å². The topological polar surface area (TPSA) is 94.0 Å². The molecule has 19 heavy (non-hydrogen) atoms. The van der Waals surface area contributed by atoms with Gasteiger partial charge in [-0.3, -0.25) is 4.79 Å². The van der Waals surface area contributed by atoms with E-state index in [0.29, 0.717) is 24.7 Å². The minimum absolute atomic E-state index is 0.113. The first kappa shape index (κ1) is 13.0. The van der Waals surface area contributed by atoms with Gasteiger partial charge in [-0.25, -0.2) is 4.39 Å². The number of hydrogen-bond acceptors (Lipinski definition) is 5. The van der Waals surface area contributed by atoms with Gasteiger partial charge >= 0.3 is 0 Å². The summed E-state index contributed by atoms with van der Waals surface area (Å²) in [5.41, 5.74) is 5.45. The number of hydrogen-bond donors (Lipinski definition) is 2. The maximum atomic E-state index is 13.2. The maximum absolute atomic E-state index is 13.2. The number of halogens is 1. The second-order valence-corrected chi connectivity index (χ2v) is 3.94. The lowest BCUT2D eigenvalue weighted by molar-refractivity contribution is 0.0954. The van der Waals surface area contributed by atoms with E-state index in [-0.39, 0.29) is 11.3 Å². The lowest BCUT2D eigenvalue weighted by Crippen LogP contribution is -2.26. The molecule has 0 spiro atoms. The smallest absolute Gasteiger partial charge is 0.253 e. The first-order valence-electron chi connectivity index (χ1n) is 5.69. The number of anilines is 1. The fourth-order valence-corrected chi connectivity index (χ4v) is 1.55. The molecule has 1 heterocycles. The Balaban J connectivity index is 1.93. The average molecular weight is 264 g/mol. The Morgan fingerprint density at radius 2 is 2.32 bits per heavy atom. The summed E-state index contributed by atoms with van der Waals surface area (Å²) in [7, 11) is 0. The molecule has 7 heteroatoms. The summed E-state index contributed by atoms with van der Waals surface area (Å²) in [6.45, 7) is 2.01. The number of carbonyl (C=O) groups is 1. The molecule has 1 aromatic carbocycles. The SMILES string of the molecule is Cc1noc(CCNC(=O)c2cccc(F)c2N)n1. The van der Waals surface area contributed by atoms with Crippen molar-refractivity contribution in [2.24, 2.45) is 0 Å². The summed E-state index contributed by atoms with van der Waals surface area (Å²) in [6, 6.07) is 4.10. The number of benzene rings is 1. The summed E-state index contributed by atoms with van der Waals surface area (Å²) in [5.74, 6) is -0.0749. The zero-order valence-corrected chi connectivity index (χ0v) is 10.3. The number of amides is 1. The van der Waals surface area contributed by atoms with Gasteiger partial charge in [-0.15, -0.1) is 0 Å². The lowest BCUT2D eigenvalue weighted by atomic mass is 10.1. The molecule has 0 radical (unpaired) electrons. The minimum atomic E-state index is -0.611. The van der Waals surface area contributed by atoms with Crippen LogP contribution >= 0.6 is 0 Å². The van der Waals surface area contributed by atoms with E-state index >= 15 is 0 Å². The van der Waals surface area contributed by atoms with Crippen LogP contribution in [0.2, 0.25) is 0 Å². The maximum Gasteiger partial charge on any atom is 0.253 e. The molecule has 0 fully saturated rings. The molecule has 1 aromatic heterocycles. The Morgan fingerprint density at radius 1 is 1.53 bits per heavy atom. The van der Waals surface area contributed by atoms with Gasteiger partial charge in [-0.2, -0.15) is 4.98 Å². The van der Waals surface area contributed by atoms with Crippen LogP contribution in [0, 0.1) is 12.7 Å². The van der Waals surface area contributed by atoms with Gasteiger partial charge in [0.1, 0.15) is 5.82 Å². The summed E-state index contributed by atoms with van der Waals surface area (Å²) >= 11 is 0. The third-order valence-electron chi connectivity index (χ3n) is 2.49. The zero-order valence-electron chi connectivity index (χ0n) is 10.3. The molecule has 0 atom stereocenters. The van der Waals surface area contributed by atoms with E-state index in [1.165, 1.54) is 18.2 Å². The summed E-state index contributed by atoms with van der Waals surface area (Å²) in [5, 5.41) is 6.24. The number of aryl methyl sites for hydroxylation is 1. The molecule has 2 aromatic rings. The molecule has 1 amide bonds. The van der Waals surface area contributed by atoms with Crippen molar-refractivity contribution in [2.45, 2.75) is 13.3 Å². The number of aromatic nitrogens is 2. The van der Waals surface area contributed by atoms with Crippen molar-refractivity contribution in [1.82, 2.24) is 15.5 Å². The van der Waals surface area contributed by atoms with Crippen LogP contribution in [-0.4, -0.2) is 22.6 Å². The predicted molar refractivity (Wildman–Crippen MR) is 65.9 cm³/mol. The first-order chi connectivity index (χ1) is 9.08. The molecule has 3 N–H and O–H groups in total. The fourth-order valence-electron chi connectivity index (χ4n) is 1.55. The normalized spacial score (nSPS) is 10.4. The molecule has 100 valence electrons. The second kappa shape index (κ2) is 5.47. The van der Waals surface area contributed by atoms with Crippen LogP contribution in [0.4, 0.5) is 10.1 Å². The highest BCUT2D eigenvalue weighted by atomic mass is 19.1. The van der Waals surface area contributed by atoms with Crippen molar-refractivity contribution in [2.75, 3.05) is 12.3 Å². The van der Waals surface area contributed by atoms with E-state index in [0.717, 1.165) is 0 Å². The number of nitrogens with two attached hydrogens (primary N) is 1. The van der Waals surface area contributed by atoms with Crippen molar-refractivity contribution in [3.8, 4) is 0 Å². The third-order valence-corrected chi connectivity index (χ3v) is 2.49. The van der Waals surface area contributed by atoms with Crippen LogP contribution in [0.1, 0.15) is 22.1 Å². The standard InChI is InChI=1S/C12H13FN4O2/c1-7-16-10(19-17-7)5-6-15-12(18)8-3-2-4-9(13)11(8)14/h2-4H,5-6,14H2,1H3,(H,15,18). The van der Waals surface area contributed by atoms with Gasteiger partial charge in [-0.05, 0) is 19.1 Å². The van der Waals surface area contributed by atoms with Crippen molar-refractivity contribution >= 4 is 11.6 Å². The van der Waals surface area contributed by atoms with Gasteiger partial charge in [0.25, 0.3) is 5.91 Å². The Kier molecular flexibility index (Phi) is 3.74. The average Bonchev–Trinajstić information content (AvgIpc) is 2.78. The number of rotatable bonds is 4. The van der Waals surface area contributed by atoms with Gasteiger partial charge in [0.15, 0.2) is 5.82 Å². The minimum Gasteiger partial charge on any atom is -0.396 e. The molecule has 0 aliphatic rings. The first-order valence-corrected chi connectivity index (χ1v) is 5.69. The van der Waals surface area contributed by atoms with Crippen LogP contribution in [0.5, 0.6) is 0 Å². The van der Waals surface area contributed by atoms with Gasteiger partial charge in [0, 0.05) is 13.0 Å². The van der Waals surface area contributed by atoms with Crippen molar-refractivity contribution < 1.29 is 13.7 Å². The zero-order chi connectivity index (χ0) is 13.8. The molecule has 6 nitrogen and oxygen atoms in total. The van der Waals surface area contributed by atoms with Crippen LogP contribution in [-0.2, 0) is 6.42 Å². The number of nitrogens with one attached hydrogen (secondary N) is 1. The summed E-state index contributed by atoms with van der Waals surface area (Å²) in [6.07, 6.45) is 0.405. The molecule has 0 aliphatic carbocycles. The van der Waals surface area contributed by atoms with E-state index in [4.69, 9.17) is 10.3 Å². The van der Waals surface area contributed by atoms with Crippen LogP contribution in [0.25, 0.3) is 0 Å². The molecule has 0 saturated heterocycles. The van der Waals surface area contributed by atoms with E-state index in [2.05, 4.69) is 15.5 Å². The summed E-state index contributed by atoms with van der Waals surface area (Å²) in [4.78, 5) is 15.8. The highest BCUT2D eigenvalue weighted by molar-refractivity contribution is 5.99. The number of nitrogens with zero attached hydrogens (tertiary/aromatic N) is 2. The number of carbonyl (C=O) groups excluding carboxylic acids is 1. The Morgan fingerprint density at radius 3 is 3.00 bits per heavy atom. The molecule has 0 aliphatic heterocycles. The van der Waals surface area contributed by atoms with Gasteiger partial charge in [0.05, 0.1) is 11.3 Å². The van der Waals surface area contributed by atoms with Crippen LogP contribution in [0.3, 0.4) is 0 Å². The van der Waals surface area contributed by atoms with Crippen LogP contribution < -0.4 is 11.1 Å². The molecule has 0 bridgehead atoms. The summed E-state index contributed by atoms with van der Waals surface area (Å²) < 4.78 is 18.1. The second-order valence-electron chi connectivity index (χ2n) is 3.94. The Bertz CT molecular complexity index is 597. The third kappa shape index (κ3) is 3.06. The lowest BCUT2D eigenvalue weighted by Gasteiger charge is -2.06. The van der Waals surface area contributed by atoms with Crippen molar-refractivity contribution in [3.63, 3.8) is 0 Å². The van der Waals surface area contributed by atoms with E-state index in [1.807, 2.05) is 0 Å². The Labute approximate surface area is 108 Å². The van der Waals surface area contributed by atoms with E-state index in [1.54, 1.807) is 6.92 Å². The van der Waals surface area contributed by atoms with E-state index < -0.39 is 11.7 Å². The molecular formula is C12H13FN4O2. The number of nitrogen functional groups attached to an aromatic ring is 1. The predicted octanol–water partition coefficient (Wildman–Crippen LogP) is 1.07. The highest BCUT2D eigenvalue weighted by Crippen LogP contribution is 2.15. The molecule has 0 saturated carbocycles. The molecule has 0 unspecified atom stereocenters. The van der Waals surface area contributed by atoms with Gasteiger partial charge in [-0.1, -0.05) is 11.2 Å². The molecular weight excluding hydrogens is 251 g/mol. The van der Waals surface area contributed by atoms with E-state index in [9.17, 15) is 9.18 Å². The van der Waals surface area contributed by atoms with Gasteiger partial charge < -0.3 is 15.6 Å². The van der Waals surface area contributed by atoms with Crippen molar-refractivity contribution in [1.29, 1.82) is 0 Å². The van der Waals surface area contributed by atoms with Gasteiger partial charge in [0.2, 0.25) is 5.89 Å². The monoisotopic (exact) mass is 264 g/mol.